The number of aryl methyl sites for hydroxylation is 1. The summed E-state index contributed by atoms with van der Waals surface area (Å²) in [4.78, 5) is 14.7. The topological polar surface area (TPSA) is 63.3 Å². The summed E-state index contributed by atoms with van der Waals surface area (Å²) in [5.41, 5.74) is 6.98. The third kappa shape index (κ3) is 1.88. The third-order valence-electron chi connectivity index (χ3n) is 4.18. The van der Waals surface area contributed by atoms with E-state index in [2.05, 4.69) is 10.2 Å². The molecule has 5 nitrogen and oxygen atoms in total. The molecule has 2 aliphatic rings. The monoisotopic (exact) mass is 248 g/mol. The molecule has 0 spiro atoms. The lowest BCUT2D eigenvalue weighted by molar-refractivity contribution is 0.0921. The molecule has 3 heterocycles. The Bertz CT molecular complexity index is 468. The van der Waals surface area contributed by atoms with Crippen LogP contribution in [0.5, 0.6) is 0 Å². The van der Waals surface area contributed by atoms with Crippen molar-refractivity contribution in [3.8, 4) is 0 Å². The van der Waals surface area contributed by atoms with Gasteiger partial charge in [-0.25, -0.2) is 0 Å². The van der Waals surface area contributed by atoms with Crippen LogP contribution >= 0.6 is 0 Å². The van der Waals surface area contributed by atoms with Crippen molar-refractivity contribution in [3.05, 3.63) is 18.0 Å². The van der Waals surface area contributed by atoms with E-state index in [0.717, 1.165) is 13.0 Å². The van der Waals surface area contributed by atoms with E-state index in [-0.39, 0.29) is 5.91 Å². The van der Waals surface area contributed by atoms with Crippen LogP contribution in [0.1, 0.15) is 29.8 Å². The fourth-order valence-electron chi connectivity index (χ4n) is 3.31. The molecule has 1 aromatic heterocycles. The zero-order valence-electron chi connectivity index (χ0n) is 10.7. The summed E-state index contributed by atoms with van der Waals surface area (Å²) in [6, 6.07) is 2.58. The maximum atomic E-state index is 12.2. The molecule has 2 atom stereocenters. The molecule has 2 aliphatic heterocycles. The Balaban J connectivity index is 1.69. The van der Waals surface area contributed by atoms with Gasteiger partial charge in [0.2, 0.25) is 0 Å². The van der Waals surface area contributed by atoms with Crippen LogP contribution in [0.2, 0.25) is 0 Å². The van der Waals surface area contributed by atoms with E-state index in [0.29, 0.717) is 23.5 Å². The summed E-state index contributed by atoms with van der Waals surface area (Å²) < 4.78 is 1.78. The normalized spacial score (nSPS) is 27.4. The first kappa shape index (κ1) is 11.6. The fraction of sp³-hybridized carbons (Fsp3) is 0.615. The van der Waals surface area contributed by atoms with Crippen molar-refractivity contribution in [1.29, 1.82) is 0 Å². The van der Waals surface area contributed by atoms with Crippen LogP contribution in [0.3, 0.4) is 0 Å². The second-order valence-corrected chi connectivity index (χ2v) is 5.38. The third-order valence-corrected chi connectivity index (χ3v) is 4.18. The van der Waals surface area contributed by atoms with Crippen molar-refractivity contribution in [3.63, 3.8) is 0 Å². The van der Waals surface area contributed by atoms with E-state index in [1.165, 1.54) is 19.4 Å². The Labute approximate surface area is 107 Å². The second kappa shape index (κ2) is 4.31. The van der Waals surface area contributed by atoms with Gasteiger partial charge in [0.25, 0.3) is 5.91 Å². The molecule has 3 rings (SSSR count). The minimum absolute atomic E-state index is 0.00653. The zero-order chi connectivity index (χ0) is 12.7. The minimum Gasteiger partial charge on any atom is -0.397 e. The standard InChI is InChI=1S/C13H20N4O/c1-16-8-9(14)7-12(16)13(18)15-10-4-6-17-5-2-3-11(10)17/h7-8,10-11H,2-6,14H2,1H3,(H,15,18). The molecule has 0 radical (unpaired) electrons. The number of nitrogens with one attached hydrogen (secondary N) is 1. The molecule has 2 saturated heterocycles. The van der Waals surface area contributed by atoms with Crippen molar-refractivity contribution in [2.45, 2.75) is 31.3 Å². The molecule has 0 bridgehead atoms. The molecule has 0 aromatic carbocycles. The van der Waals surface area contributed by atoms with Crippen molar-refractivity contribution < 1.29 is 4.79 Å². The number of aromatic nitrogens is 1. The molecule has 1 aromatic rings. The van der Waals surface area contributed by atoms with E-state index in [4.69, 9.17) is 5.73 Å². The number of carbonyl (C=O) groups excluding carboxylic acids is 1. The van der Waals surface area contributed by atoms with Crippen LogP contribution < -0.4 is 11.1 Å². The molecule has 0 saturated carbocycles. The highest BCUT2D eigenvalue weighted by atomic mass is 16.2. The maximum absolute atomic E-state index is 12.2. The highest BCUT2D eigenvalue weighted by Gasteiger charge is 2.38. The SMILES string of the molecule is Cn1cc(N)cc1C(=O)NC1CCN2CCCC12. The van der Waals surface area contributed by atoms with Crippen LogP contribution in [0, 0.1) is 0 Å². The van der Waals surface area contributed by atoms with Gasteiger partial charge in [-0.15, -0.1) is 0 Å². The van der Waals surface area contributed by atoms with E-state index >= 15 is 0 Å². The number of hydrogen-bond donors (Lipinski definition) is 2. The largest absolute Gasteiger partial charge is 0.397 e. The summed E-state index contributed by atoms with van der Waals surface area (Å²) in [6.45, 7) is 2.30. The Morgan fingerprint density at radius 2 is 2.28 bits per heavy atom. The van der Waals surface area contributed by atoms with Gasteiger partial charge < -0.3 is 15.6 Å². The number of anilines is 1. The first-order valence-corrected chi connectivity index (χ1v) is 6.62. The number of fused-ring (bicyclic) bond motifs is 1. The van der Waals surface area contributed by atoms with Gasteiger partial charge in [-0.3, -0.25) is 9.69 Å². The van der Waals surface area contributed by atoms with Gasteiger partial charge in [-0.1, -0.05) is 0 Å². The first-order chi connectivity index (χ1) is 8.65. The highest BCUT2D eigenvalue weighted by Crippen LogP contribution is 2.28. The fourth-order valence-corrected chi connectivity index (χ4v) is 3.31. The molecule has 18 heavy (non-hydrogen) atoms. The average Bonchev–Trinajstić information content (AvgIpc) is 2.96. The molecule has 1 amide bonds. The van der Waals surface area contributed by atoms with Crippen LogP contribution in [-0.2, 0) is 7.05 Å². The second-order valence-electron chi connectivity index (χ2n) is 5.38. The summed E-state index contributed by atoms with van der Waals surface area (Å²) in [6.07, 6.45) is 5.30. The Morgan fingerprint density at radius 3 is 3.00 bits per heavy atom. The average molecular weight is 248 g/mol. The quantitative estimate of drug-likeness (QED) is 0.804. The lowest BCUT2D eigenvalue weighted by Gasteiger charge is -2.21. The maximum Gasteiger partial charge on any atom is 0.268 e. The molecule has 98 valence electrons. The summed E-state index contributed by atoms with van der Waals surface area (Å²) >= 11 is 0. The molecule has 3 N–H and O–H groups in total. The van der Waals surface area contributed by atoms with Crippen molar-refractivity contribution in [1.82, 2.24) is 14.8 Å². The number of nitrogen functional groups attached to an aromatic ring is 1. The van der Waals surface area contributed by atoms with Crippen molar-refractivity contribution in [2.75, 3.05) is 18.8 Å². The van der Waals surface area contributed by atoms with Gasteiger partial charge in [0, 0.05) is 31.9 Å². The molecule has 2 unspecified atom stereocenters. The summed E-state index contributed by atoms with van der Waals surface area (Å²) in [5.74, 6) is -0.00653. The minimum atomic E-state index is -0.00653. The van der Waals surface area contributed by atoms with Crippen LogP contribution in [0.15, 0.2) is 12.3 Å². The van der Waals surface area contributed by atoms with Gasteiger partial charge in [0.05, 0.1) is 5.69 Å². The first-order valence-electron chi connectivity index (χ1n) is 6.62. The molecule has 2 fully saturated rings. The predicted molar refractivity (Wildman–Crippen MR) is 70.3 cm³/mol. The highest BCUT2D eigenvalue weighted by molar-refractivity contribution is 5.94. The zero-order valence-corrected chi connectivity index (χ0v) is 10.7. The number of carbonyl (C=O) groups is 1. The van der Waals surface area contributed by atoms with Gasteiger partial charge in [-0.05, 0) is 31.9 Å². The van der Waals surface area contributed by atoms with E-state index in [1.54, 1.807) is 16.8 Å². The smallest absolute Gasteiger partial charge is 0.268 e. The number of hydrogen-bond acceptors (Lipinski definition) is 3. The molecule has 5 heteroatoms. The van der Waals surface area contributed by atoms with Gasteiger partial charge in [0.1, 0.15) is 5.69 Å². The molecule has 0 aliphatic carbocycles. The van der Waals surface area contributed by atoms with Crippen molar-refractivity contribution >= 4 is 11.6 Å². The number of nitrogens with two attached hydrogens (primary N) is 1. The molecular formula is C13H20N4O. The van der Waals surface area contributed by atoms with Crippen LogP contribution in [0.25, 0.3) is 0 Å². The number of rotatable bonds is 2. The van der Waals surface area contributed by atoms with Gasteiger partial charge >= 0.3 is 0 Å². The van der Waals surface area contributed by atoms with Crippen LogP contribution in [0.4, 0.5) is 5.69 Å². The Morgan fingerprint density at radius 1 is 1.44 bits per heavy atom. The Kier molecular flexibility index (Phi) is 2.78. The van der Waals surface area contributed by atoms with Crippen LogP contribution in [-0.4, -0.2) is 40.5 Å². The lowest BCUT2D eigenvalue weighted by atomic mass is 10.1. The molecular weight excluding hydrogens is 228 g/mol. The Hall–Kier alpha value is -1.49. The predicted octanol–water partition coefficient (Wildman–Crippen LogP) is 0.574. The number of nitrogens with zero attached hydrogens (tertiary/aromatic N) is 2. The van der Waals surface area contributed by atoms with E-state index < -0.39 is 0 Å². The summed E-state index contributed by atoms with van der Waals surface area (Å²) in [7, 11) is 1.85. The van der Waals surface area contributed by atoms with Crippen molar-refractivity contribution in [2.24, 2.45) is 7.05 Å². The van der Waals surface area contributed by atoms with Gasteiger partial charge in [-0.2, -0.15) is 0 Å². The lowest BCUT2D eigenvalue weighted by Crippen LogP contribution is -2.42. The number of amides is 1. The summed E-state index contributed by atoms with van der Waals surface area (Å²) in [5, 5.41) is 3.16. The van der Waals surface area contributed by atoms with Gasteiger partial charge in [0.15, 0.2) is 0 Å². The van der Waals surface area contributed by atoms with E-state index in [1.807, 2.05) is 7.05 Å². The van der Waals surface area contributed by atoms with E-state index in [9.17, 15) is 4.79 Å².